The number of aliphatic carboxylic acids is 1. The van der Waals surface area contributed by atoms with Gasteiger partial charge in [-0.2, -0.15) is 0 Å². The van der Waals surface area contributed by atoms with Gasteiger partial charge in [-0.3, -0.25) is 0 Å². The molecule has 4 nitrogen and oxygen atoms in total. The summed E-state index contributed by atoms with van der Waals surface area (Å²) in [6, 6.07) is 9.10. The zero-order chi connectivity index (χ0) is 20.1. The van der Waals surface area contributed by atoms with Gasteiger partial charge in [-0.05, 0) is 48.7 Å². The Morgan fingerprint density at radius 1 is 1.11 bits per heavy atom. The van der Waals surface area contributed by atoms with Crippen molar-refractivity contribution in [2.75, 3.05) is 0 Å². The molecule has 142 valence electrons. The summed E-state index contributed by atoms with van der Waals surface area (Å²) in [4.78, 5) is 15.1. The third-order valence-electron chi connectivity index (χ3n) is 3.69. The summed E-state index contributed by atoms with van der Waals surface area (Å²) >= 11 is 12.3. The SMILES string of the molecule is CC.CC(Oc1ccc2c(-c3ccc(F)cc3Cl)cnc(Cl)c2c1)C(=O)O. The fourth-order valence-corrected chi connectivity index (χ4v) is 2.91. The van der Waals surface area contributed by atoms with Crippen LogP contribution < -0.4 is 4.74 Å². The third kappa shape index (κ3) is 4.67. The molecular formula is C20H18Cl2FNO3. The van der Waals surface area contributed by atoms with E-state index in [1.54, 1.807) is 30.5 Å². The summed E-state index contributed by atoms with van der Waals surface area (Å²) < 4.78 is 18.7. The average molecular weight is 410 g/mol. The first kappa shape index (κ1) is 20.9. The number of halogens is 3. The van der Waals surface area contributed by atoms with Gasteiger partial charge in [-0.25, -0.2) is 14.2 Å². The lowest BCUT2D eigenvalue weighted by atomic mass is 10.0. The summed E-state index contributed by atoms with van der Waals surface area (Å²) in [5.41, 5.74) is 1.30. The van der Waals surface area contributed by atoms with Crippen LogP contribution in [0.4, 0.5) is 4.39 Å². The van der Waals surface area contributed by atoms with Crippen molar-refractivity contribution in [2.24, 2.45) is 0 Å². The van der Waals surface area contributed by atoms with Crippen LogP contribution in [0.15, 0.2) is 42.6 Å². The van der Waals surface area contributed by atoms with E-state index in [1.807, 2.05) is 13.8 Å². The molecule has 0 aliphatic carbocycles. The van der Waals surface area contributed by atoms with Crippen LogP contribution in [0, 0.1) is 5.82 Å². The van der Waals surface area contributed by atoms with Gasteiger partial charge < -0.3 is 9.84 Å². The van der Waals surface area contributed by atoms with Crippen LogP contribution in [-0.4, -0.2) is 22.2 Å². The van der Waals surface area contributed by atoms with Gasteiger partial charge >= 0.3 is 5.97 Å². The Balaban J connectivity index is 0.00000126. The number of hydrogen-bond acceptors (Lipinski definition) is 3. The average Bonchev–Trinajstić information content (AvgIpc) is 2.64. The Morgan fingerprint density at radius 2 is 1.81 bits per heavy atom. The molecule has 0 aliphatic rings. The molecule has 1 N–H and O–H groups in total. The molecule has 3 rings (SSSR count). The zero-order valence-corrected chi connectivity index (χ0v) is 16.5. The maximum Gasteiger partial charge on any atom is 0.344 e. The summed E-state index contributed by atoms with van der Waals surface area (Å²) in [7, 11) is 0. The quantitative estimate of drug-likeness (QED) is 0.519. The first-order chi connectivity index (χ1) is 12.9. The molecule has 0 saturated heterocycles. The second-order valence-corrected chi connectivity index (χ2v) is 6.16. The highest BCUT2D eigenvalue weighted by atomic mass is 35.5. The van der Waals surface area contributed by atoms with Crippen LogP contribution in [0.2, 0.25) is 10.2 Å². The molecule has 0 spiro atoms. The Morgan fingerprint density at radius 3 is 2.44 bits per heavy atom. The number of benzene rings is 2. The van der Waals surface area contributed by atoms with Crippen LogP contribution in [-0.2, 0) is 4.79 Å². The molecule has 3 aromatic rings. The molecule has 2 aromatic carbocycles. The number of carboxylic acid groups (broad SMARTS) is 1. The molecule has 27 heavy (non-hydrogen) atoms. The molecular weight excluding hydrogens is 392 g/mol. The van der Waals surface area contributed by atoms with E-state index >= 15 is 0 Å². The summed E-state index contributed by atoms with van der Waals surface area (Å²) in [6.07, 6.45) is 0.559. The Hall–Kier alpha value is -2.37. The third-order valence-corrected chi connectivity index (χ3v) is 4.31. The molecule has 0 amide bonds. The molecule has 0 bridgehead atoms. The lowest BCUT2D eigenvalue weighted by Gasteiger charge is -2.13. The Bertz CT molecular complexity index is 979. The fourth-order valence-electron chi connectivity index (χ4n) is 2.44. The van der Waals surface area contributed by atoms with Gasteiger partial charge in [0.05, 0.1) is 5.02 Å². The van der Waals surface area contributed by atoms with Crippen LogP contribution in [0.1, 0.15) is 20.8 Å². The standard InChI is InChI=1S/C18H12Cl2FNO3.C2H6/c1-9(18(23)24)25-11-3-5-12-14(7-11)17(20)22-8-15(12)13-4-2-10(21)6-16(13)19;1-2/h2-9H,1H3,(H,23,24);1-2H3. The number of pyridine rings is 1. The Kier molecular flexibility index (Phi) is 6.99. The van der Waals surface area contributed by atoms with E-state index < -0.39 is 17.9 Å². The minimum Gasteiger partial charge on any atom is -0.479 e. The monoisotopic (exact) mass is 409 g/mol. The molecule has 0 fully saturated rings. The molecule has 7 heteroatoms. The van der Waals surface area contributed by atoms with Crippen molar-refractivity contribution in [1.82, 2.24) is 4.98 Å². The van der Waals surface area contributed by atoms with Gasteiger partial charge in [0.2, 0.25) is 0 Å². The lowest BCUT2D eigenvalue weighted by molar-refractivity contribution is -0.144. The van der Waals surface area contributed by atoms with Crippen LogP contribution >= 0.6 is 23.2 Å². The highest BCUT2D eigenvalue weighted by Crippen LogP contribution is 2.37. The van der Waals surface area contributed by atoms with E-state index in [2.05, 4.69) is 4.98 Å². The summed E-state index contributed by atoms with van der Waals surface area (Å²) in [5, 5.41) is 10.8. The van der Waals surface area contributed by atoms with Crippen molar-refractivity contribution >= 4 is 39.9 Å². The highest BCUT2D eigenvalue weighted by Gasteiger charge is 2.15. The summed E-state index contributed by atoms with van der Waals surface area (Å²) in [6.45, 7) is 5.43. The smallest absolute Gasteiger partial charge is 0.344 e. The lowest BCUT2D eigenvalue weighted by Crippen LogP contribution is -2.22. The Labute approximate surface area is 166 Å². The number of rotatable bonds is 4. The molecule has 1 unspecified atom stereocenters. The van der Waals surface area contributed by atoms with Gasteiger partial charge in [-0.1, -0.05) is 37.0 Å². The number of hydrogen-bond donors (Lipinski definition) is 1. The number of carboxylic acids is 1. The minimum absolute atomic E-state index is 0.241. The predicted molar refractivity (Wildman–Crippen MR) is 106 cm³/mol. The topological polar surface area (TPSA) is 59.4 Å². The van der Waals surface area contributed by atoms with E-state index in [0.29, 0.717) is 22.3 Å². The van der Waals surface area contributed by atoms with E-state index in [9.17, 15) is 9.18 Å². The first-order valence-corrected chi connectivity index (χ1v) is 9.05. The molecule has 0 radical (unpaired) electrons. The van der Waals surface area contributed by atoms with Crippen molar-refractivity contribution in [3.63, 3.8) is 0 Å². The van der Waals surface area contributed by atoms with Crippen LogP contribution in [0.3, 0.4) is 0 Å². The number of carbonyl (C=O) groups is 1. The minimum atomic E-state index is -1.07. The van der Waals surface area contributed by atoms with Crippen molar-refractivity contribution in [2.45, 2.75) is 26.9 Å². The van der Waals surface area contributed by atoms with E-state index in [-0.39, 0.29) is 10.2 Å². The second kappa shape index (κ2) is 9.02. The molecule has 1 atom stereocenters. The highest BCUT2D eigenvalue weighted by molar-refractivity contribution is 6.36. The van der Waals surface area contributed by atoms with Gasteiger partial charge in [0.1, 0.15) is 16.7 Å². The van der Waals surface area contributed by atoms with Crippen molar-refractivity contribution in [1.29, 1.82) is 0 Å². The van der Waals surface area contributed by atoms with E-state index in [4.69, 9.17) is 33.0 Å². The second-order valence-electron chi connectivity index (χ2n) is 5.39. The van der Waals surface area contributed by atoms with Gasteiger partial charge in [0, 0.05) is 22.7 Å². The normalized spacial score (nSPS) is 11.5. The molecule has 0 saturated carbocycles. The van der Waals surface area contributed by atoms with E-state index in [1.165, 1.54) is 19.1 Å². The van der Waals surface area contributed by atoms with Gasteiger partial charge in [0.25, 0.3) is 0 Å². The predicted octanol–water partition coefficient (Wildman–Crippen LogP) is 6.23. The van der Waals surface area contributed by atoms with Crippen molar-refractivity contribution in [3.8, 4) is 16.9 Å². The van der Waals surface area contributed by atoms with Gasteiger partial charge in [-0.15, -0.1) is 0 Å². The maximum absolute atomic E-state index is 13.3. The maximum atomic E-state index is 13.3. The molecule has 1 heterocycles. The largest absolute Gasteiger partial charge is 0.479 e. The molecule has 0 aliphatic heterocycles. The number of nitrogens with zero attached hydrogens (tertiary/aromatic N) is 1. The molecule has 1 aromatic heterocycles. The number of fused-ring (bicyclic) bond motifs is 1. The van der Waals surface area contributed by atoms with Crippen molar-refractivity contribution < 1.29 is 19.0 Å². The summed E-state index contributed by atoms with van der Waals surface area (Å²) in [5.74, 6) is -1.15. The number of ether oxygens (including phenoxy) is 1. The van der Waals surface area contributed by atoms with Crippen LogP contribution in [0.25, 0.3) is 21.9 Å². The fraction of sp³-hybridized carbons (Fsp3) is 0.200. The number of aromatic nitrogens is 1. The van der Waals surface area contributed by atoms with Crippen LogP contribution in [0.5, 0.6) is 5.75 Å². The van der Waals surface area contributed by atoms with Gasteiger partial charge in [0.15, 0.2) is 6.10 Å². The van der Waals surface area contributed by atoms with Crippen molar-refractivity contribution in [3.05, 3.63) is 58.6 Å². The van der Waals surface area contributed by atoms with E-state index in [0.717, 1.165) is 5.39 Å². The first-order valence-electron chi connectivity index (χ1n) is 8.30. The zero-order valence-electron chi connectivity index (χ0n) is 15.0.